The number of nitrogens with zero attached hydrogens (tertiary/aromatic N) is 1. The summed E-state index contributed by atoms with van der Waals surface area (Å²) in [5.74, 6) is 0. The van der Waals surface area contributed by atoms with Gasteiger partial charge in [-0.1, -0.05) is 0 Å². The zero-order chi connectivity index (χ0) is 20.4. The summed E-state index contributed by atoms with van der Waals surface area (Å²) in [7, 11) is 4.35. The summed E-state index contributed by atoms with van der Waals surface area (Å²) in [6.45, 7) is 4.49. The quantitative estimate of drug-likeness (QED) is 0.379. The van der Waals surface area contributed by atoms with E-state index in [1.807, 2.05) is 0 Å². The van der Waals surface area contributed by atoms with Gasteiger partial charge in [-0.25, -0.2) is 0 Å². The molecule has 0 unspecified atom stereocenters. The Morgan fingerprint density at radius 1 is 0.690 bits per heavy atom. The summed E-state index contributed by atoms with van der Waals surface area (Å²) in [4.78, 5) is 2.32. The second-order valence-electron chi connectivity index (χ2n) is 7.87. The van der Waals surface area contributed by atoms with E-state index in [-0.39, 0.29) is 0 Å². The number of aryl methyl sites for hydroxylation is 1. The standard InChI is InChI=1S/C10H14N.C10H7.C7H7.Sb/c1-9(11(2)3)10-7-5-4-6-8-10;1-2-6-10-8-4-3-7-9(10)5-1;1-7-5-3-2-4-6-7;/h4-7,9H,1-3H3;1-7H;3-6H,1H3;/t9-;;;/m0.../s1. The fourth-order valence-electron chi connectivity index (χ4n) is 3.83. The Morgan fingerprint density at radius 3 is 2.07 bits per heavy atom. The van der Waals surface area contributed by atoms with Gasteiger partial charge in [0.05, 0.1) is 0 Å². The SMILES string of the molecule is Cc1cc[c]([Sb]([c]2ccccc2[C@H](C)N(C)C)[c]2cccc3ccccc23)cc1. The van der Waals surface area contributed by atoms with Crippen LogP contribution in [0.3, 0.4) is 0 Å². The van der Waals surface area contributed by atoms with Crippen molar-refractivity contribution in [3.05, 3.63) is 102 Å². The van der Waals surface area contributed by atoms with E-state index in [1.165, 1.54) is 25.4 Å². The molecule has 0 saturated carbocycles. The Kier molecular flexibility index (Phi) is 6.09. The number of hydrogen-bond acceptors (Lipinski definition) is 1. The molecule has 4 aromatic carbocycles. The summed E-state index contributed by atoms with van der Waals surface area (Å²) in [5.41, 5.74) is 2.79. The van der Waals surface area contributed by atoms with Crippen LogP contribution in [-0.4, -0.2) is 39.2 Å². The molecule has 0 aliphatic rings. The zero-order valence-electron chi connectivity index (χ0n) is 17.6. The van der Waals surface area contributed by atoms with Gasteiger partial charge < -0.3 is 0 Å². The summed E-state index contributed by atoms with van der Waals surface area (Å²) >= 11 is -2.23. The van der Waals surface area contributed by atoms with Crippen molar-refractivity contribution in [1.29, 1.82) is 0 Å². The predicted octanol–water partition coefficient (Wildman–Crippen LogP) is 4.29. The van der Waals surface area contributed by atoms with Gasteiger partial charge in [-0.2, -0.15) is 0 Å². The Labute approximate surface area is 182 Å². The molecule has 0 radical (unpaired) electrons. The van der Waals surface area contributed by atoms with E-state index in [1.54, 1.807) is 7.02 Å². The molecule has 4 aromatic rings. The van der Waals surface area contributed by atoms with Crippen molar-refractivity contribution in [2.75, 3.05) is 14.1 Å². The van der Waals surface area contributed by atoms with E-state index in [2.05, 4.69) is 124 Å². The maximum atomic E-state index is 2.39. The Bertz CT molecular complexity index is 1110. The first-order valence-corrected chi connectivity index (χ1v) is 14.0. The van der Waals surface area contributed by atoms with Crippen molar-refractivity contribution < 1.29 is 0 Å². The molecule has 0 aliphatic heterocycles. The molecule has 29 heavy (non-hydrogen) atoms. The van der Waals surface area contributed by atoms with E-state index in [0.29, 0.717) is 6.04 Å². The van der Waals surface area contributed by atoms with Gasteiger partial charge in [0.25, 0.3) is 0 Å². The zero-order valence-corrected chi connectivity index (χ0v) is 20.2. The minimum absolute atomic E-state index is 0.388. The van der Waals surface area contributed by atoms with Crippen molar-refractivity contribution in [2.45, 2.75) is 19.9 Å². The number of rotatable bonds is 5. The third-order valence-electron chi connectivity index (χ3n) is 5.70. The molecule has 0 aromatic heterocycles. The van der Waals surface area contributed by atoms with Crippen molar-refractivity contribution >= 4 is 41.5 Å². The molecule has 2 heteroatoms. The fraction of sp³-hybridized carbons (Fsp3) is 0.185. The molecule has 0 amide bonds. The first-order valence-electron chi connectivity index (χ1n) is 10.2. The summed E-state index contributed by atoms with van der Waals surface area (Å²) in [6, 6.07) is 34.5. The van der Waals surface area contributed by atoms with E-state index < -0.39 is 20.2 Å². The van der Waals surface area contributed by atoms with Gasteiger partial charge >= 0.3 is 183 Å². The second kappa shape index (κ2) is 8.74. The van der Waals surface area contributed by atoms with Crippen LogP contribution in [0.1, 0.15) is 24.1 Å². The average Bonchev–Trinajstić information content (AvgIpc) is 2.75. The number of hydrogen-bond donors (Lipinski definition) is 0. The maximum absolute atomic E-state index is 2.39. The van der Waals surface area contributed by atoms with Gasteiger partial charge in [-0.15, -0.1) is 0 Å². The Balaban J connectivity index is 2.00. The third kappa shape index (κ3) is 4.13. The van der Waals surface area contributed by atoms with Gasteiger partial charge in [0.15, 0.2) is 0 Å². The van der Waals surface area contributed by atoms with E-state index in [9.17, 15) is 0 Å². The van der Waals surface area contributed by atoms with Crippen LogP contribution >= 0.6 is 0 Å². The van der Waals surface area contributed by atoms with Crippen LogP contribution in [0.25, 0.3) is 10.8 Å². The average molecular weight is 488 g/mol. The van der Waals surface area contributed by atoms with Crippen molar-refractivity contribution in [3.63, 3.8) is 0 Å². The first kappa shape index (κ1) is 20.2. The van der Waals surface area contributed by atoms with Crippen LogP contribution in [0.15, 0.2) is 91.0 Å². The summed E-state index contributed by atoms with van der Waals surface area (Å²) < 4.78 is 4.64. The van der Waals surface area contributed by atoms with Gasteiger partial charge in [0.1, 0.15) is 0 Å². The van der Waals surface area contributed by atoms with Crippen LogP contribution in [0.4, 0.5) is 0 Å². The van der Waals surface area contributed by atoms with Crippen LogP contribution in [-0.2, 0) is 0 Å². The molecular weight excluding hydrogens is 460 g/mol. The number of fused-ring (bicyclic) bond motifs is 1. The molecule has 1 nitrogen and oxygen atoms in total. The molecule has 0 aliphatic carbocycles. The number of benzene rings is 4. The monoisotopic (exact) mass is 487 g/mol. The van der Waals surface area contributed by atoms with Crippen LogP contribution < -0.4 is 10.5 Å². The predicted molar refractivity (Wildman–Crippen MR) is 128 cm³/mol. The third-order valence-corrected chi connectivity index (χ3v) is 13.1. The molecule has 0 N–H and O–H groups in total. The molecular formula is C27H28NSb. The molecule has 4 rings (SSSR count). The fourth-order valence-corrected chi connectivity index (χ4v) is 11.5. The second-order valence-corrected chi connectivity index (χ2v) is 14.0. The van der Waals surface area contributed by atoms with E-state index in [4.69, 9.17) is 0 Å². The Hall–Kier alpha value is -2.08. The Morgan fingerprint density at radius 2 is 1.31 bits per heavy atom. The molecule has 0 spiro atoms. The van der Waals surface area contributed by atoms with E-state index in [0.717, 1.165) is 0 Å². The molecule has 146 valence electrons. The molecule has 0 heterocycles. The molecule has 0 saturated heterocycles. The van der Waals surface area contributed by atoms with Gasteiger partial charge in [-0.05, 0) is 0 Å². The topological polar surface area (TPSA) is 3.24 Å². The normalized spacial score (nSPS) is 12.6. The van der Waals surface area contributed by atoms with Gasteiger partial charge in [-0.3, -0.25) is 0 Å². The molecule has 0 bridgehead atoms. The van der Waals surface area contributed by atoms with Crippen molar-refractivity contribution in [3.8, 4) is 0 Å². The van der Waals surface area contributed by atoms with Gasteiger partial charge in [0, 0.05) is 0 Å². The van der Waals surface area contributed by atoms with Crippen LogP contribution in [0, 0.1) is 6.92 Å². The summed E-state index contributed by atoms with van der Waals surface area (Å²) in [5, 5.41) is 2.75. The molecule has 0 fully saturated rings. The van der Waals surface area contributed by atoms with Gasteiger partial charge in [0.2, 0.25) is 0 Å². The summed E-state index contributed by atoms with van der Waals surface area (Å²) in [6.07, 6.45) is 0. The first-order chi connectivity index (χ1) is 14.1. The van der Waals surface area contributed by atoms with E-state index >= 15 is 0 Å². The van der Waals surface area contributed by atoms with Crippen LogP contribution in [0.2, 0.25) is 0 Å². The van der Waals surface area contributed by atoms with Crippen molar-refractivity contribution in [1.82, 2.24) is 4.90 Å². The van der Waals surface area contributed by atoms with Crippen molar-refractivity contribution in [2.24, 2.45) is 0 Å². The molecule has 1 atom stereocenters. The minimum atomic E-state index is -2.23. The van der Waals surface area contributed by atoms with Crippen LogP contribution in [0.5, 0.6) is 0 Å².